The highest BCUT2D eigenvalue weighted by molar-refractivity contribution is 6.06. The zero-order valence-electron chi connectivity index (χ0n) is 18.1. The fourth-order valence-corrected chi connectivity index (χ4v) is 4.11. The Morgan fingerprint density at radius 2 is 1.94 bits per heavy atom. The van der Waals surface area contributed by atoms with E-state index in [1.165, 1.54) is 19.3 Å². The summed E-state index contributed by atoms with van der Waals surface area (Å²) in [4.78, 5) is 29.8. The van der Waals surface area contributed by atoms with Crippen molar-refractivity contribution >= 4 is 23.2 Å². The number of benzene rings is 2. The van der Waals surface area contributed by atoms with Gasteiger partial charge in [0, 0.05) is 24.3 Å². The maximum absolute atomic E-state index is 12.9. The first kappa shape index (κ1) is 21.2. The van der Waals surface area contributed by atoms with Crippen molar-refractivity contribution < 1.29 is 19.1 Å². The zero-order chi connectivity index (χ0) is 21.8. The second-order valence-electron chi connectivity index (χ2n) is 8.02. The molecule has 0 aromatic heterocycles. The molecule has 4 rings (SSSR count). The van der Waals surface area contributed by atoms with Gasteiger partial charge < -0.3 is 24.6 Å². The van der Waals surface area contributed by atoms with Gasteiger partial charge in [0.15, 0.2) is 6.10 Å². The molecule has 1 unspecified atom stereocenters. The second-order valence-corrected chi connectivity index (χ2v) is 8.02. The van der Waals surface area contributed by atoms with Gasteiger partial charge in [-0.25, -0.2) is 0 Å². The Morgan fingerprint density at radius 3 is 2.71 bits per heavy atom. The van der Waals surface area contributed by atoms with Gasteiger partial charge in [-0.2, -0.15) is 0 Å². The normalized spacial score (nSPS) is 18.8. The topological polar surface area (TPSA) is 71.1 Å². The Morgan fingerprint density at radius 1 is 1.13 bits per heavy atom. The molecule has 2 amide bonds. The third kappa shape index (κ3) is 4.82. The largest absolute Gasteiger partial charge is 0.497 e. The molecule has 1 fully saturated rings. The highest BCUT2D eigenvalue weighted by Crippen LogP contribution is 2.36. The van der Waals surface area contributed by atoms with E-state index in [2.05, 4.69) is 10.2 Å². The lowest BCUT2D eigenvalue weighted by molar-refractivity contribution is -0.125. The van der Waals surface area contributed by atoms with Crippen molar-refractivity contribution in [2.45, 2.75) is 32.3 Å². The lowest BCUT2D eigenvalue weighted by atomic mass is 10.1. The van der Waals surface area contributed by atoms with Crippen LogP contribution in [-0.4, -0.2) is 56.1 Å². The number of nitrogens with zero attached hydrogens (tertiary/aromatic N) is 2. The number of ether oxygens (including phenoxy) is 2. The number of likely N-dealkylation sites (tertiary alicyclic amines) is 1. The average molecular weight is 424 g/mol. The minimum Gasteiger partial charge on any atom is -0.497 e. The maximum atomic E-state index is 12.9. The van der Waals surface area contributed by atoms with Gasteiger partial charge in [-0.05, 0) is 69.3 Å². The number of carbonyl (C=O) groups excluding carboxylic acids is 2. The number of nitrogens with one attached hydrogen (secondary N) is 1. The number of fused-ring (bicyclic) bond motifs is 1. The Hall–Kier alpha value is -3.06. The van der Waals surface area contributed by atoms with E-state index in [0.29, 0.717) is 35.0 Å². The highest BCUT2D eigenvalue weighted by atomic mass is 16.5. The second kappa shape index (κ2) is 9.39. The fraction of sp³-hybridized carbons (Fsp3) is 0.417. The molecule has 0 radical (unpaired) electrons. The molecule has 2 aromatic carbocycles. The molecule has 0 aliphatic carbocycles. The van der Waals surface area contributed by atoms with Gasteiger partial charge in [-0.1, -0.05) is 12.5 Å². The molecule has 1 N–H and O–H groups in total. The van der Waals surface area contributed by atoms with Crippen LogP contribution in [-0.2, 0) is 4.79 Å². The van der Waals surface area contributed by atoms with Gasteiger partial charge in [-0.3, -0.25) is 9.59 Å². The molecule has 0 saturated carbocycles. The van der Waals surface area contributed by atoms with Gasteiger partial charge in [0.1, 0.15) is 11.5 Å². The SMILES string of the molecule is COc1cccc(C(=O)Nc2ccc3c(c2)N(CCN2CCCCC2)C(=O)C(C)O3)c1. The summed E-state index contributed by atoms with van der Waals surface area (Å²) in [7, 11) is 1.57. The molecule has 2 aliphatic heterocycles. The number of methoxy groups -OCH3 is 1. The molecule has 164 valence electrons. The summed E-state index contributed by atoms with van der Waals surface area (Å²) in [5, 5.41) is 2.91. The Bertz CT molecular complexity index is 956. The number of anilines is 2. The monoisotopic (exact) mass is 423 g/mol. The van der Waals surface area contributed by atoms with Crippen LogP contribution >= 0.6 is 0 Å². The van der Waals surface area contributed by atoms with Crippen LogP contribution < -0.4 is 19.7 Å². The lowest BCUT2D eigenvalue weighted by Crippen LogP contribution is -2.48. The van der Waals surface area contributed by atoms with Crippen LogP contribution in [0.5, 0.6) is 11.5 Å². The highest BCUT2D eigenvalue weighted by Gasteiger charge is 2.32. The quantitative estimate of drug-likeness (QED) is 0.770. The molecule has 7 nitrogen and oxygen atoms in total. The van der Waals surface area contributed by atoms with Gasteiger partial charge in [0.25, 0.3) is 11.8 Å². The number of rotatable bonds is 6. The van der Waals surface area contributed by atoms with Crippen LogP contribution in [0.3, 0.4) is 0 Å². The van der Waals surface area contributed by atoms with E-state index in [9.17, 15) is 9.59 Å². The number of piperidine rings is 1. The van der Waals surface area contributed by atoms with Crippen molar-refractivity contribution in [1.82, 2.24) is 4.90 Å². The van der Waals surface area contributed by atoms with E-state index in [1.807, 2.05) is 12.1 Å². The lowest BCUT2D eigenvalue weighted by Gasteiger charge is -2.35. The Balaban J connectivity index is 1.52. The van der Waals surface area contributed by atoms with Crippen molar-refractivity contribution in [3.05, 3.63) is 48.0 Å². The minimum absolute atomic E-state index is 0.0548. The number of carbonyl (C=O) groups is 2. The van der Waals surface area contributed by atoms with Crippen molar-refractivity contribution in [1.29, 1.82) is 0 Å². The van der Waals surface area contributed by atoms with Crippen LogP contribution in [0, 0.1) is 0 Å². The summed E-state index contributed by atoms with van der Waals surface area (Å²) >= 11 is 0. The molecule has 0 spiro atoms. The molecule has 2 aliphatic rings. The fourth-order valence-electron chi connectivity index (χ4n) is 4.11. The van der Waals surface area contributed by atoms with E-state index in [-0.39, 0.29) is 11.8 Å². The van der Waals surface area contributed by atoms with Crippen LogP contribution in [0.25, 0.3) is 0 Å². The first-order valence-electron chi connectivity index (χ1n) is 10.8. The van der Waals surface area contributed by atoms with Gasteiger partial charge in [0.05, 0.1) is 12.8 Å². The molecule has 2 heterocycles. The van der Waals surface area contributed by atoms with Crippen LogP contribution in [0.15, 0.2) is 42.5 Å². The van der Waals surface area contributed by atoms with E-state index in [4.69, 9.17) is 9.47 Å². The Labute approximate surface area is 182 Å². The predicted octanol–water partition coefficient (Wildman–Crippen LogP) is 3.55. The van der Waals surface area contributed by atoms with Crippen LogP contribution in [0.2, 0.25) is 0 Å². The van der Waals surface area contributed by atoms with Crippen molar-refractivity contribution in [2.24, 2.45) is 0 Å². The van der Waals surface area contributed by atoms with Crippen LogP contribution in [0.4, 0.5) is 11.4 Å². The summed E-state index contributed by atoms with van der Waals surface area (Å²) in [6.07, 6.45) is 3.18. The summed E-state index contributed by atoms with van der Waals surface area (Å²) in [6, 6.07) is 12.4. The van der Waals surface area contributed by atoms with E-state index in [1.54, 1.807) is 49.3 Å². The Kier molecular flexibility index (Phi) is 6.42. The number of hydrogen-bond acceptors (Lipinski definition) is 5. The molecular formula is C24H29N3O4. The average Bonchev–Trinajstić information content (AvgIpc) is 2.80. The third-order valence-corrected chi connectivity index (χ3v) is 5.85. The summed E-state index contributed by atoms with van der Waals surface area (Å²) in [5.74, 6) is 0.982. The van der Waals surface area contributed by atoms with E-state index in [0.717, 1.165) is 19.6 Å². The smallest absolute Gasteiger partial charge is 0.267 e. The third-order valence-electron chi connectivity index (χ3n) is 5.85. The van der Waals surface area contributed by atoms with Gasteiger partial charge in [0.2, 0.25) is 0 Å². The standard InChI is InChI=1S/C24H29N3O4/c1-17-24(29)27(14-13-26-11-4-3-5-12-26)21-16-19(9-10-22(21)31-17)25-23(28)18-7-6-8-20(15-18)30-2/h6-10,15-17H,3-5,11-14H2,1-2H3,(H,25,28). The molecule has 1 atom stereocenters. The molecule has 0 bridgehead atoms. The number of hydrogen-bond donors (Lipinski definition) is 1. The minimum atomic E-state index is -0.522. The predicted molar refractivity (Wildman–Crippen MR) is 120 cm³/mol. The first-order valence-corrected chi connectivity index (χ1v) is 10.8. The van der Waals surface area contributed by atoms with Crippen molar-refractivity contribution in [3.63, 3.8) is 0 Å². The van der Waals surface area contributed by atoms with Gasteiger partial charge >= 0.3 is 0 Å². The summed E-state index contributed by atoms with van der Waals surface area (Å²) < 4.78 is 11.0. The van der Waals surface area contributed by atoms with E-state index < -0.39 is 6.10 Å². The summed E-state index contributed by atoms with van der Waals surface area (Å²) in [5.41, 5.74) is 1.81. The molecule has 2 aromatic rings. The molecule has 31 heavy (non-hydrogen) atoms. The first-order chi connectivity index (χ1) is 15.0. The van der Waals surface area contributed by atoms with E-state index >= 15 is 0 Å². The zero-order valence-corrected chi connectivity index (χ0v) is 18.1. The summed E-state index contributed by atoms with van der Waals surface area (Å²) in [6.45, 7) is 5.37. The molecular weight excluding hydrogens is 394 g/mol. The molecule has 1 saturated heterocycles. The van der Waals surface area contributed by atoms with Gasteiger partial charge in [-0.15, -0.1) is 0 Å². The van der Waals surface area contributed by atoms with Crippen molar-refractivity contribution in [2.75, 3.05) is 43.5 Å². The maximum Gasteiger partial charge on any atom is 0.267 e. The molecule has 7 heteroatoms. The van der Waals surface area contributed by atoms with Crippen LogP contribution in [0.1, 0.15) is 36.5 Å². The number of amides is 2. The van der Waals surface area contributed by atoms with Crippen molar-refractivity contribution in [3.8, 4) is 11.5 Å².